The maximum absolute atomic E-state index is 13.4. The Morgan fingerprint density at radius 3 is 2.47 bits per heavy atom. The van der Waals surface area contributed by atoms with E-state index in [0.717, 1.165) is 22.5 Å². The molecule has 0 spiro atoms. The van der Waals surface area contributed by atoms with E-state index in [0.29, 0.717) is 29.6 Å². The Kier molecular flexibility index (Phi) is 5.90. The van der Waals surface area contributed by atoms with Crippen molar-refractivity contribution in [2.75, 3.05) is 0 Å². The van der Waals surface area contributed by atoms with Gasteiger partial charge in [0.05, 0.1) is 22.5 Å². The maximum Gasteiger partial charge on any atom is 0.278 e. The summed E-state index contributed by atoms with van der Waals surface area (Å²) in [4.78, 5) is 26.4. The highest BCUT2D eigenvalue weighted by atomic mass is 16.2. The van der Waals surface area contributed by atoms with Crippen molar-refractivity contribution in [2.45, 2.75) is 46.7 Å². The molecule has 7 heteroatoms. The van der Waals surface area contributed by atoms with Crippen molar-refractivity contribution >= 4 is 16.8 Å². The number of fused-ring (bicyclic) bond motifs is 1. The molecule has 1 amide bonds. The quantitative estimate of drug-likeness (QED) is 0.506. The van der Waals surface area contributed by atoms with Gasteiger partial charge in [-0.1, -0.05) is 55.0 Å². The van der Waals surface area contributed by atoms with Crippen LogP contribution in [-0.2, 0) is 11.3 Å². The van der Waals surface area contributed by atoms with E-state index in [2.05, 4.69) is 15.5 Å². The number of hydrogen-bond donors (Lipinski definition) is 1. The highest BCUT2D eigenvalue weighted by Gasteiger charge is 2.25. The first-order valence-electron chi connectivity index (χ1n) is 10.8. The zero-order chi connectivity index (χ0) is 22.8. The van der Waals surface area contributed by atoms with Crippen molar-refractivity contribution < 1.29 is 4.79 Å². The molecule has 7 nitrogen and oxygen atoms in total. The molecule has 2 aromatic carbocycles. The summed E-state index contributed by atoms with van der Waals surface area (Å²) in [6.07, 6.45) is 0.448. The van der Waals surface area contributed by atoms with Gasteiger partial charge in [0.25, 0.3) is 5.56 Å². The van der Waals surface area contributed by atoms with Gasteiger partial charge in [-0.25, -0.2) is 9.36 Å². The fraction of sp³-hybridized carbons (Fsp3) is 0.280. The monoisotopic (exact) mass is 429 g/mol. The Hall–Kier alpha value is -3.74. The van der Waals surface area contributed by atoms with E-state index in [1.807, 2.05) is 82.3 Å². The van der Waals surface area contributed by atoms with E-state index < -0.39 is 6.04 Å². The third-order valence-electron chi connectivity index (χ3n) is 5.67. The first kappa shape index (κ1) is 21.5. The fourth-order valence-electron chi connectivity index (χ4n) is 4.01. The van der Waals surface area contributed by atoms with Crippen LogP contribution in [0.25, 0.3) is 16.6 Å². The molecule has 0 aliphatic heterocycles. The SMILES string of the molecule is CC[C@@H](C(=O)NCc1cccc(C)c1)n1nc(C)c2nn(-c3ccccc3)c(C)c2c1=O. The van der Waals surface area contributed by atoms with E-state index in [-0.39, 0.29) is 11.5 Å². The Labute approximate surface area is 186 Å². The number of aromatic nitrogens is 4. The van der Waals surface area contributed by atoms with E-state index >= 15 is 0 Å². The molecule has 0 radical (unpaired) electrons. The zero-order valence-corrected chi connectivity index (χ0v) is 18.8. The molecule has 32 heavy (non-hydrogen) atoms. The number of carbonyl (C=O) groups excluding carboxylic acids is 1. The summed E-state index contributed by atoms with van der Waals surface area (Å²) >= 11 is 0. The molecule has 0 fully saturated rings. The summed E-state index contributed by atoms with van der Waals surface area (Å²) in [6.45, 7) is 7.98. The number of hydrogen-bond acceptors (Lipinski definition) is 4. The van der Waals surface area contributed by atoms with Crippen LogP contribution in [0.1, 0.15) is 41.9 Å². The van der Waals surface area contributed by atoms with E-state index in [9.17, 15) is 9.59 Å². The van der Waals surface area contributed by atoms with Crippen LogP contribution >= 0.6 is 0 Å². The molecular formula is C25H27N5O2. The lowest BCUT2D eigenvalue weighted by Gasteiger charge is -2.17. The van der Waals surface area contributed by atoms with Crippen LogP contribution in [-0.4, -0.2) is 25.5 Å². The van der Waals surface area contributed by atoms with Gasteiger partial charge >= 0.3 is 0 Å². The molecule has 2 heterocycles. The standard InChI is InChI=1S/C25H27N5O2/c1-5-21(24(31)26-15-19-11-9-10-16(2)14-19)30-25(32)22-18(4)29(20-12-7-6-8-13-20)28-23(22)17(3)27-30/h6-14,21H,5,15H2,1-4H3,(H,26,31)/t21-/m0/s1. The van der Waals surface area contributed by atoms with Crippen LogP contribution in [0.3, 0.4) is 0 Å². The fourth-order valence-corrected chi connectivity index (χ4v) is 4.01. The van der Waals surface area contributed by atoms with Gasteiger partial charge in [-0.05, 0) is 44.9 Å². The van der Waals surface area contributed by atoms with Crippen LogP contribution in [0.15, 0.2) is 59.4 Å². The highest BCUT2D eigenvalue weighted by molar-refractivity contribution is 5.84. The molecule has 0 saturated heterocycles. The summed E-state index contributed by atoms with van der Waals surface area (Å²) in [7, 11) is 0. The highest BCUT2D eigenvalue weighted by Crippen LogP contribution is 2.21. The molecule has 4 aromatic rings. The van der Waals surface area contributed by atoms with Crippen molar-refractivity contribution in [3.63, 3.8) is 0 Å². The van der Waals surface area contributed by atoms with Crippen molar-refractivity contribution in [3.05, 3.63) is 87.5 Å². The predicted molar refractivity (Wildman–Crippen MR) is 125 cm³/mol. The Morgan fingerprint density at radius 1 is 1.03 bits per heavy atom. The average Bonchev–Trinajstić information content (AvgIpc) is 3.15. The van der Waals surface area contributed by atoms with Gasteiger partial charge in [-0.3, -0.25) is 9.59 Å². The average molecular weight is 430 g/mol. The summed E-state index contributed by atoms with van der Waals surface area (Å²) in [5.74, 6) is -0.226. The van der Waals surface area contributed by atoms with Gasteiger partial charge in [-0.2, -0.15) is 10.2 Å². The van der Waals surface area contributed by atoms with E-state index in [1.165, 1.54) is 4.68 Å². The van der Waals surface area contributed by atoms with Crippen LogP contribution in [0, 0.1) is 20.8 Å². The number of benzene rings is 2. The Balaban J connectivity index is 1.71. The summed E-state index contributed by atoms with van der Waals surface area (Å²) in [6, 6.07) is 16.9. The first-order valence-corrected chi connectivity index (χ1v) is 10.8. The lowest BCUT2D eigenvalue weighted by Crippen LogP contribution is -2.38. The predicted octanol–water partition coefficient (Wildman–Crippen LogP) is 3.77. The second kappa shape index (κ2) is 8.78. The van der Waals surface area contributed by atoms with E-state index in [4.69, 9.17) is 0 Å². The third kappa shape index (κ3) is 3.93. The Morgan fingerprint density at radius 2 is 1.78 bits per heavy atom. The van der Waals surface area contributed by atoms with Gasteiger partial charge in [0.1, 0.15) is 11.6 Å². The number of carbonyl (C=O) groups is 1. The Bertz CT molecular complexity index is 1340. The lowest BCUT2D eigenvalue weighted by molar-refractivity contribution is -0.125. The molecule has 164 valence electrons. The third-order valence-corrected chi connectivity index (χ3v) is 5.67. The van der Waals surface area contributed by atoms with Gasteiger partial charge in [0.2, 0.25) is 5.91 Å². The molecule has 0 aliphatic rings. The normalized spacial score (nSPS) is 12.1. The van der Waals surface area contributed by atoms with Gasteiger partial charge < -0.3 is 5.32 Å². The number of aryl methyl sites for hydroxylation is 3. The minimum Gasteiger partial charge on any atom is -0.350 e. The zero-order valence-electron chi connectivity index (χ0n) is 18.8. The summed E-state index contributed by atoms with van der Waals surface area (Å²) in [5.41, 5.74) is 4.61. The number of nitrogens with one attached hydrogen (secondary N) is 1. The number of para-hydroxylation sites is 1. The smallest absolute Gasteiger partial charge is 0.278 e. The topological polar surface area (TPSA) is 81.8 Å². The van der Waals surface area contributed by atoms with Crippen LogP contribution in [0.5, 0.6) is 0 Å². The molecule has 1 atom stereocenters. The largest absolute Gasteiger partial charge is 0.350 e. The minimum absolute atomic E-state index is 0.226. The molecule has 4 rings (SSSR count). The summed E-state index contributed by atoms with van der Waals surface area (Å²) < 4.78 is 3.07. The van der Waals surface area contributed by atoms with Gasteiger partial charge in [0, 0.05) is 6.54 Å². The number of rotatable bonds is 6. The van der Waals surface area contributed by atoms with Gasteiger partial charge in [0.15, 0.2) is 0 Å². The van der Waals surface area contributed by atoms with Crippen LogP contribution in [0.2, 0.25) is 0 Å². The second-order valence-corrected chi connectivity index (χ2v) is 8.02. The maximum atomic E-state index is 13.4. The molecule has 0 unspecified atom stereocenters. The van der Waals surface area contributed by atoms with E-state index in [1.54, 1.807) is 4.68 Å². The second-order valence-electron chi connectivity index (χ2n) is 8.02. The molecule has 1 N–H and O–H groups in total. The summed E-state index contributed by atoms with van der Waals surface area (Å²) in [5, 5.41) is 12.6. The minimum atomic E-state index is -0.699. The van der Waals surface area contributed by atoms with Crippen LogP contribution < -0.4 is 10.9 Å². The van der Waals surface area contributed by atoms with Crippen molar-refractivity contribution in [2.24, 2.45) is 0 Å². The molecular weight excluding hydrogens is 402 g/mol. The number of amides is 1. The first-order chi connectivity index (χ1) is 15.4. The molecule has 2 aromatic heterocycles. The van der Waals surface area contributed by atoms with Gasteiger partial charge in [-0.15, -0.1) is 0 Å². The molecule has 0 saturated carbocycles. The van der Waals surface area contributed by atoms with Crippen molar-refractivity contribution in [1.82, 2.24) is 24.9 Å². The lowest BCUT2D eigenvalue weighted by atomic mass is 10.1. The molecule has 0 bridgehead atoms. The van der Waals surface area contributed by atoms with Crippen LogP contribution in [0.4, 0.5) is 0 Å². The number of nitrogens with zero attached hydrogens (tertiary/aromatic N) is 4. The molecule has 0 aliphatic carbocycles. The van der Waals surface area contributed by atoms with Crippen molar-refractivity contribution in [3.8, 4) is 5.69 Å². The van der Waals surface area contributed by atoms with Crippen molar-refractivity contribution in [1.29, 1.82) is 0 Å².